The summed E-state index contributed by atoms with van der Waals surface area (Å²) >= 11 is 3.33. The number of hydrogen-bond acceptors (Lipinski definition) is 6. The summed E-state index contributed by atoms with van der Waals surface area (Å²) in [6.07, 6.45) is 0. The van der Waals surface area contributed by atoms with E-state index in [1.165, 1.54) is 11.3 Å². The molecule has 0 saturated heterocycles. The third-order valence-corrected chi connectivity index (χ3v) is 4.99. The normalized spacial score (nSPS) is 13.7. The van der Waals surface area contributed by atoms with Gasteiger partial charge in [-0.15, -0.1) is 11.3 Å². The van der Waals surface area contributed by atoms with E-state index in [-0.39, 0.29) is 5.91 Å². The number of aromatic nitrogens is 3. The Hall–Kier alpha value is -1.38. The van der Waals surface area contributed by atoms with Crippen LogP contribution in [-0.2, 0) is 25.1 Å². The van der Waals surface area contributed by atoms with Crippen molar-refractivity contribution in [3.63, 3.8) is 0 Å². The Bertz CT molecular complexity index is 676. The van der Waals surface area contributed by atoms with E-state index in [1.807, 2.05) is 37.8 Å². The molecule has 1 aliphatic heterocycles. The zero-order valence-electron chi connectivity index (χ0n) is 12.2. The van der Waals surface area contributed by atoms with Crippen molar-refractivity contribution in [2.24, 2.45) is 7.05 Å². The minimum atomic E-state index is -0.168. The molecule has 2 aromatic rings. The fourth-order valence-electron chi connectivity index (χ4n) is 2.23. The highest BCUT2D eigenvalue weighted by Crippen LogP contribution is 2.34. The van der Waals surface area contributed by atoms with Gasteiger partial charge in [0.2, 0.25) is 0 Å². The Kier molecular flexibility index (Phi) is 4.01. The van der Waals surface area contributed by atoms with Crippen LogP contribution in [0.15, 0.2) is 5.38 Å². The summed E-state index contributed by atoms with van der Waals surface area (Å²) in [7, 11) is 5.83. The Labute approximate surface area is 131 Å². The van der Waals surface area contributed by atoms with Gasteiger partial charge in [0.15, 0.2) is 0 Å². The lowest BCUT2D eigenvalue weighted by molar-refractivity contribution is 0.102. The first-order valence-corrected chi connectivity index (χ1v) is 8.61. The maximum atomic E-state index is 12.3. The predicted octanol–water partition coefficient (Wildman–Crippen LogP) is 1.94. The number of fused-ring (bicyclic) bond motifs is 1. The lowest BCUT2D eigenvalue weighted by Crippen LogP contribution is -2.16. The van der Waals surface area contributed by atoms with Gasteiger partial charge in [-0.3, -0.25) is 9.48 Å². The Morgan fingerprint density at radius 2 is 2.29 bits per heavy atom. The Morgan fingerprint density at radius 3 is 3.05 bits per heavy atom. The van der Waals surface area contributed by atoms with Crippen LogP contribution < -0.4 is 5.32 Å². The number of amides is 1. The molecule has 112 valence electrons. The van der Waals surface area contributed by atoms with Gasteiger partial charge in [-0.2, -0.15) is 16.9 Å². The first kappa shape index (κ1) is 14.6. The number of thiazole rings is 1. The van der Waals surface area contributed by atoms with E-state index in [4.69, 9.17) is 0 Å². The number of nitrogens with one attached hydrogen (secondary N) is 1. The number of thioether (sulfide) groups is 1. The molecule has 0 spiro atoms. The van der Waals surface area contributed by atoms with E-state index in [2.05, 4.69) is 15.4 Å². The van der Waals surface area contributed by atoms with Gasteiger partial charge in [-0.1, -0.05) is 0 Å². The van der Waals surface area contributed by atoms with Gasteiger partial charge in [-0.05, 0) is 14.1 Å². The molecule has 21 heavy (non-hydrogen) atoms. The molecule has 8 heteroatoms. The molecule has 2 aromatic heterocycles. The summed E-state index contributed by atoms with van der Waals surface area (Å²) in [5, 5.41) is 10.1. The molecule has 0 unspecified atom stereocenters. The Balaban J connectivity index is 1.76. The average Bonchev–Trinajstić information content (AvgIpc) is 3.08. The fourth-order valence-corrected chi connectivity index (χ4v) is 4.15. The molecule has 0 aliphatic carbocycles. The van der Waals surface area contributed by atoms with Crippen molar-refractivity contribution in [2.75, 3.05) is 19.4 Å². The van der Waals surface area contributed by atoms with Crippen molar-refractivity contribution in [3.05, 3.63) is 27.3 Å². The van der Waals surface area contributed by atoms with Gasteiger partial charge in [0.05, 0.1) is 5.69 Å². The zero-order valence-corrected chi connectivity index (χ0v) is 13.8. The van der Waals surface area contributed by atoms with Crippen LogP contribution in [0, 0.1) is 0 Å². The molecule has 6 nitrogen and oxygen atoms in total. The molecule has 1 aliphatic rings. The van der Waals surface area contributed by atoms with Crippen LogP contribution in [0.4, 0.5) is 5.82 Å². The topological polar surface area (TPSA) is 63.1 Å². The number of hydrogen-bond donors (Lipinski definition) is 1. The van der Waals surface area contributed by atoms with Gasteiger partial charge >= 0.3 is 0 Å². The van der Waals surface area contributed by atoms with Crippen molar-refractivity contribution in [3.8, 4) is 0 Å². The maximum absolute atomic E-state index is 12.3. The van der Waals surface area contributed by atoms with Crippen molar-refractivity contribution < 1.29 is 4.79 Å². The van der Waals surface area contributed by atoms with Crippen molar-refractivity contribution in [1.29, 1.82) is 0 Å². The second-order valence-corrected chi connectivity index (χ2v) is 7.14. The van der Waals surface area contributed by atoms with E-state index in [1.54, 1.807) is 10.1 Å². The van der Waals surface area contributed by atoms with E-state index in [0.29, 0.717) is 5.69 Å². The summed E-state index contributed by atoms with van der Waals surface area (Å²) in [5.74, 6) is 2.45. The average molecular weight is 323 g/mol. The van der Waals surface area contributed by atoms with Crippen molar-refractivity contribution >= 4 is 34.8 Å². The molecule has 0 bridgehead atoms. The summed E-state index contributed by atoms with van der Waals surface area (Å²) in [6.45, 7) is 0.746. The van der Waals surface area contributed by atoms with Crippen LogP contribution in [0.25, 0.3) is 0 Å². The standard InChI is InChI=1S/C13H17N5OS2/c1-17(2)4-11-14-10(7-21-11)13(19)15-12-8-5-20-6-9(8)16-18(12)3/h7H,4-6H2,1-3H3,(H,15,19). The minimum absolute atomic E-state index is 0.168. The fraction of sp³-hybridized carbons (Fsp3) is 0.462. The van der Waals surface area contributed by atoms with Crippen LogP contribution in [0.2, 0.25) is 0 Å². The van der Waals surface area contributed by atoms with Gasteiger partial charge in [-0.25, -0.2) is 4.98 Å². The summed E-state index contributed by atoms with van der Waals surface area (Å²) in [5.41, 5.74) is 2.68. The number of aryl methyl sites for hydroxylation is 1. The van der Waals surface area contributed by atoms with E-state index in [9.17, 15) is 4.79 Å². The zero-order chi connectivity index (χ0) is 15.0. The van der Waals surface area contributed by atoms with E-state index < -0.39 is 0 Å². The molecule has 1 N–H and O–H groups in total. The third-order valence-electron chi connectivity index (χ3n) is 3.18. The number of anilines is 1. The van der Waals surface area contributed by atoms with Gasteiger partial charge in [0.25, 0.3) is 5.91 Å². The molecule has 0 saturated carbocycles. The predicted molar refractivity (Wildman–Crippen MR) is 85.7 cm³/mol. The van der Waals surface area contributed by atoms with E-state index in [0.717, 1.165) is 40.1 Å². The molecule has 3 heterocycles. The first-order chi connectivity index (χ1) is 10.0. The summed E-state index contributed by atoms with van der Waals surface area (Å²) < 4.78 is 1.75. The highest BCUT2D eigenvalue weighted by Gasteiger charge is 2.23. The highest BCUT2D eigenvalue weighted by molar-refractivity contribution is 7.98. The molecule has 0 radical (unpaired) electrons. The molecule has 0 aromatic carbocycles. The summed E-state index contributed by atoms with van der Waals surface area (Å²) in [4.78, 5) is 18.8. The highest BCUT2D eigenvalue weighted by atomic mass is 32.2. The molecule has 3 rings (SSSR count). The minimum Gasteiger partial charge on any atom is -0.305 e. The number of rotatable bonds is 4. The molecule has 1 amide bonds. The Morgan fingerprint density at radius 1 is 1.48 bits per heavy atom. The lowest BCUT2D eigenvalue weighted by atomic mass is 10.3. The molecular formula is C13H17N5OS2. The van der Waals surface area contributed by atoms with Gasteiger partial charge in [0, 0.05) is 36.0 Å². The van der Waals surface area contributed by atoms with Crippen molar-refractivity contribution in [2.45, 2.75) is 18.1 Å². The number of nitrogens with zero attached hydrogens (tertiary/aromatic N) is 4. The van der Waals surface area contributed by atoms with Crippen LogP contribution in [0.5, 0.6) is 0 Å². The second kappa shape index (κ2) is 5.78. The molecule has 0 atom stereocenters. The van der Waals surface area contributed by atoms with Crippen LogP contribution in [-0.4, -0.2) is 39.7 Å². The summed E-state index contributed by atoms with van der Waals surface area (Å²) in [6, 6.07) is 0. The van der Waals surface area contributed by atoms with Gasteiger partial charge in [0.1, 0.15) is 16.5 Å². The smallest absolute Gasteiger partial charge is 0.276 e. The van der Waals surface area contributed by atoms with Crippen LogP contribution >= 0.6 is 23.1 Å². The van der Waals surface area contributed by atoms with Crippen LogP contribution in [0.3, 0.4) is 0 Å². The van der Waals surface area contributed by atoms with Gasteiger partial charge < -0.3 is 10.2 Å². The first-order valence-electron chi connectivity index (χ1n) is 6.57. The monoisotopic (exact) mass is 323 g/mol. The molecular weight excluding hydrogens is 306 g/mol. The van der Waals surface area contributed by atoms with Crippen LogP contribution in [0.1, 0.15) is 26.8 Å². The number of carbonyl (C=O) groups is 1. The quantitative estimate of drug-likeness (QED) is 0.931. The van der Waals surface area contributed by atoms with Crippen molar-refractivity contribution in [1.82, 2.24) is 19.7 Å². The van der Waals surface area contributed by atoms with E-state index >= 15 is 0 Å². The maximum Gasteiger partial charge on any atom is 0.276 e. The molecule has 0 fully saturated rings. The largest absolute Gasteiger partial charge is 0.305 e. The lowest BCUT2D eigenvalue weighted by Gasteiger charge is -2.06. The third kappa shape index (κ3) is 2.97. The second-order valence-electron chi connectivity index (χ2n) is 5.21. The number of carbonyl (C=O) groups excluding carboxylic acids is 1. The SMILES string of the molecule is CN(C)Cc1nc(C(=O)Nc2c3c(nn2C)CSC3)cs1.